The van der Waals surface area contributed by atoms with Gasteiger partial charge in [-0.25, -0.2) is 4.79 Å². The molecule has 94 valence electrons. The minimum atomic E-state index is -0.898. The molecule has 0 aliphatic rings. The zero-order chi connectivity index (χ0) is 12.6. The van der Waals surface area contributed by atoms with Crippen molar-refractivity contribution in [1.29, 1.82) is 0 Å². The summed E-state index contributed by atoms with van der Waals surface area (Å²) in [7, 11) is 0. The third-order valence-corrected chi connectivity index (χ3v) is 3.17. The molecule has 5 nitrogen and oxygen atoms in total. The van der Waals surface area contributed by atoms with E-state index in [1.165, 1.54) is 0 Å². The van der Waals surface area contributed by atoms with Gasteiger partial charge in [-0.3, -0.25) is 4.79 Å². The van der Waals surface area contributed by atoms with Gasteiger partial charge in [0.2, 0.25) is 0 Å². The summed E-state index contributed by atoms with van der Waals surface area (Å²) < 4.78 is 0. The Morgan fingerprint density at radius 1 is 1.44 bits per heavy atom. The Morgan fingerprint density at radius 3 is 2.50 bits per heavy atom. The summed E-state index contributed by atoms with van der Waals surface area (Å²) in [5.41, 5.74) is 0. The molecule has 6 heteroatoms. The van der Waals surface area contributed by atoms with Crippen molar-refractivity contribution in [2.45, 2.75) is 38.0 Å². The van der Waals surface area contributed by atoms with Crippen molar-refractivity contribution in [2.75, 3.05) is 12.8 Å². The first-order valence-corrected chi connectivity index (χ1v) is 6.57. The van der Waals surface area contributed by atoms with E-state index in [1.54, 1.807) is 11.8 Å². The van der Waals surface area contributed by atoms with Crippen molar-refractivity contribution in [3.8, 4) is 0 Å². The standard InChI is InChI=1S/C10H20N2O3S/c1-4-8(5-9(13)14)12-10(15)11-6-7(2)16-3/h7-8H,4-6H2,1-3H3,(H,13,14)(H2,11,12,15). The van der Waals surface area contributed by atoms with Crippen LogP contribution >= 0.6 is 11.8 Å². The predicted octanol–water partition coefficient (Wildman–Crippen LogP) is 1.29. The van der Waals surface area contributed by atoms with Crippen molar-refractivity contribution in [3.63, 3.8) is 0 Å². The molecular weight excluding hydrogens is 228 g/mol. The molecule has 16 heavy (non-hydrogen) atoms. The number of carboxylic acids is 1. The van der Waals surface area contributed by atoms with E-state index in [1.807, 2.05) is 20.1 Å². The Labute approximate surface area is 100 Å². The molecule has 2 unspecified atom stereocenters. The monoisotopic (exact) mass is 248 g/mol. The van der Waals surface area contributed by atoms with Crippen LogP contribution in [0.2, 0.25) is 0 Å². The van der Waals surface area contributed by atoms with Crippen molar-refractivity contribution < 1.29 is 14.7 Å². The van der Waals surface area contributed by atoms with Crippen molar-refractivity contribution >= 4 is 23.8 Å². The molecule has 0 aromatic carbocycles. The zero-order valence-electron chi connectivity index (χ0n) is 9.95. The SMILES string of the molecule is CCC(CC(=O)O)NC(=O)NCC(C)SC. The van der Waals surface area contributed by atoms with Crippen LogP contribution in [0.15, 0.2) is 0 Å². The maximum Gasteiger partial charge on any atom is 0.315 e. The summed E-state index contributed by atoms with van der Waals surface area (Å²) in [6.07, 6.45) is 2.54. The Bertz CT molecular complexity index is 236. The number of amides is 2. The number of aliphatic carboxylic acids is 1. The molecule has 0 bridgehead atoms. The average Bonchev–Trinajstić information content (AvgIpc) is 2.24. The normalized spacial score (nSPS) is 13.9. The van der Waals surface area contributed by atoms with Gasteiger partial charge in [-0.1, -0.05) is 13.8 Å². The topological polar surface area (TPSA) is 78.4 Å². The van der Waals surface area contributed by atoms with Crippen LogP contribution in [0.4, 0.5) is 4.79 Å². The van der Waals surface area contributed by atoms with Gasteiger partial charge in [0.15, 0.2) is 0 Å². The summed E-state index contributed by atoms with van der Waals surface area (Å²) in [5, 5.41) is 14.3. The van der Waals surface area contributed by atoms with Gasteiger partial charge in [-0.05, 0) is 12.7 Å². The molecule has 0 saturated heterocycles. The molecule has 2 atom stereocenters. The molecule has 0 radical (unpaired) electrons. The molecule has 0 heterocycles. The van der Waals surface area contributed by atoms with Crippen molar-refractivity contribution in [3.05, 3.63) is 0 Å². The van der Waals surface area contributed by atoms with Gasteiger partial charge >= 0.3 is 12.0 Å². The van der Waals surface area contributed by atoms with Crippen LogP contribution in [-0.2, 0) is 4.79 Å². The highest BCUT2D eigenvalue weighted by Gasteiger charge is 2.13. The van der Waals surface area contributed by atoms with E-state index in [2.05, 4.69) is 10.6 Å². The number of carbonyl (C=O) groups is 2. The van der Waals surface area contributed by atoms with Crippen molar-refractivity contribution in [1.82, 2.24) is 10.6 Å². The van der Waals surface area contributed by atoms with Gasteiger partial charge in [-0.15, -0.1) is 0 Å². The summed E-state index contributed by atoms with van der Waals surface area (Å²) in [6, 6.07) is -0.601. The molecule has 0 aromatic heterocycles. The first kappa shape index (κ1) is 15.1. The lowest BCUT2D eigenvalue weighted by molar-refractivity contribution is -0.137. The number of carbonyl (C=O) groups excluding carboxylic acids is 1. The van der Waals surface area contributed by atoms with Crippen LogP contribution < -0.4 is 10.6 Å². The quantitative estimate of drug-likeness (QED) is 0.634. The maximum atomic E-state index is 11.4. The number of rotatable bonds is 7. The third kappa shape index (κ3) is 7.39. The minimum absolute atomic E-state index is 0.0397. The summed E-state index contributed by atoms with van der Waals surface area (Å²) >= 11 is 1.67. The van der Waals surface area contributed by atoms with Crippen LogP contribution in [0.5, 0.6) is 0 Å². The largest absolute Gasteiger partial charge is 0.481 e. The average molecular weight is 248 g/mol. The molecule has 2 amide bonds. The smallest absolute Gasteiger partial charge is 0.315 e. The molecule has 0 spiro atoms. The highest BCUT2D eigenvalue weighted by Crippen LogP contribution is 2.02. The number of thioether (sulfide) groups is 1. The van der Waals surface area contributed by atoms with E-state index in [9.17, 15) is 9.59 Å². The van der Waals surface area contributed by atoms with Crippen molar-refractivity contribution in [2.24, 2.45) is 0 Å². The van der Waals surface area contributed by atoms with Crippen LogP contribution in [-0.4, -0.2) is 41.2 Å². The van der Waals surface area contributed by atoms with E-state index < -0.39 is 5.97 Å². The van der Waals surface area contributed by atoms with Gasteiger partial charge in [0.1, 0.15) is 0 Å². The van der Waals surface area contributed by atoms with Gasteiger partial charge in [0.05, 0.1) is 6.42 Å². The maximum absolute atomic E-state index is 11.4. The fourth-order valence-electron chi connectivity index (χ4n) is 1.06. The molecule has 0 rings (SSSR count). The molecule has 0 aromatic rings. The minimum Gasteiger partial charge on any atom is -0.481 e. The molecular formula is C10H20N2O3S. The first-order valence-electron chi connectivity index (χ1n) is 5.28. The highest BCUT2D eigenvalue weighted by atomic mass is 32.2. The molecule has 3 N–H and O–H groups in total. The molecule has 0 saturated carbocycles. The first-order chi connectivity index (χ1) is 7.49. The number of nitrogens with one attached hydrogen (secondary N) is 2. The second kappa shape index (κ2) is 8.27. The Balaban J connectivity index is 3.87. The van der Waals surface area contributed by atoms with Crippen LogP contribution in [0.3, 0.4) is 0 Å². The fourth-order valence-corrected chi connectivity index (χ4v) is 1.31. The lowest BCUT2D eigenvalue weighted by atomic mass is 10.1. The second-order valence-electron chi connectivity index (χ2n) is 3.60. The summed E-state index contributed by atoms with van der Waals surface area (Å²) in [5.74, 6) is -0.898. The van der Waals surface area contributed by atoms with Crippen LogP contribution in [0.1, 0.15) is 26.7 Å². The molecule has 0 fully saturated rings. The van der Waals surface area contributed by atoms with E-state index in [4.69, 9.17) is 5.11 Å². The van der Waals surface area contributed by atoms with E-state index in [-0.39, 0.29) is 18.5 Å². The zero-order valence-corrected chi connectivity index (χ0v) is 10.8. The number of urea groups is 1. The van der Waals surface area contributed by atoms with Gasteiger partial charge < -0.3 is 15.7 Å². The Kier molecular flexibility index (Phi) is 7.80. The lowest BCUT2D eigenvalue weighted by Gasteiger charge is -2.16. The Morgan fingerprint density at radius 2 is 2.06 bits per heavy atom. The van der Waals surface area contributed by atoms with E-state index in [0.717, 1.165) is 0 Å². The van der Waals surface area contributed by atoms with Gasteiger partial charge in [0.25, 0.3) is 0 Å². The fraction of sp³-hybridized carbons (Fsp3) is 0.800. The van der Waals surface area contributed by atoms with Gasteiger partial charge in [0, 0.05) is 17.8 Å². The van der Waals surface area contributed by atoms with E-state index in [0.29, 0.717) is 18.2 Å². The molecule has 0 aliphatic heterocycles. The highest BCUT2D eigenvalue weighted by molar-refractivity contribution is 7.99. The lowest BCUT2D eigenvalue weighted by Crippen LogP contribution is -2.44. The van der Waals surface area contributed by atoms with E-state index >= 15 is 0 Å². The number of hydrogen-bond acceptors (Lipinski definition) is 3. The number of hydrogen-bond donors (Lipinski definition) is 3. The predicted molar refractivity (Wildman–Crippen MR) is 65.8 cm³/mol. The Hall–Kier alpha value is -0.910. The summed E-state index contributed by atoms with van der Waals surface area (Å²) in [6.45, 7) is 4.44. The van der Waals surface area contributed by atoms with Gasteiger partial charge in [-0.2, -0.15) is 11.8 Å². The van der Waals surface area contributed by atoms with Crippen LogP contribution in [0.25, 0.3) is 0 Å². The second-order valence-corrected chi connectivity index (χ2v) is 4.88. The third-order valence-electron chi connectivity index (χ3n) is 2.20. The molecule has 0 aliphatic carbocycles. The van der Waals surface area contributed by atoms with Crippen LogP contribution in [0, 0.1) is 0 Å². The number of carboxylic acid groups (broad SMARTS) is 1. The summed E-state index contributed by atoms with van der Waals surface area (Å²) in [4.78, 5) is 21.9.